The van der Waals surface area contributed by atoms with E-state index in [9.17, 15) is 0 Å². The molecule has 0 aliphatic rings. The van der Waals surface area contributed by atoms with Crippen molar-refractivity contribution in [3.05, 3.63) is 213 Å². The smallest absolute Gasteiger partial charge is 0.165 e. The molecule has 0 aliphatic carbocycles. The number of rotatable bonds is 8. The lowest BCUT2D eigenvalue weighted by Gasteiger charge is -2.15. The topological polar surface area (TPSA) is 64.5 Å². The minimum absolute atomic E-state index is 0.553. The van der Waals surface area contributed by atoms with Crippen LogP contribution in [0.3, 0.4) is 0 Å². The maximum Gasteiger partial charge on any atom is 0.165 e. The standard InChI is InChI=1S/C53H35N5/c1-2-12-37(13-3-1)50-33-44(51-56-52(45-22-10-28-54-34-45)58-53(57-51)46-23-11-29-55-35-46)26-27-49(50)43-21-8-19-41(32-43)39-17-6-16-38(30-39)40-18-7-20-42(31-40)48-25-9-15-36-14-4-5-24-47(36)48/h1-35H. The SMILES string of the molecule is c1ccc(-c2cc(-c3nc(-c4cccnc4)nc(-c4cccnc4)n3)ccc2-c2cccc(-c3cccc(-c4cccc(-c5cccc6ccccc56)c4)c3)c2)cc1. The Hall–Kier alpha value is -7.89. The van der Waals surface area contributed by atoms with Crippen molar-refractivity contribution in [2.45, 2.75) is 0 Å². The van der Waals surface area contributed by atoms with Crippen LogP contribution in [0.25, 0.3) is 101 Å². The highest BCUT2D eigenvalue weighted by Crippen LogP contribution is 2.38. The van der Waals surface area contributed by atoms with Gasteiger partial charge in [0.15, 0.2) is 17.5 Å². The van der Waals surface area contributed by atoms with Gasteiger partial charge in [-0.15, -0.1) is 0 Å². The summed E-state index contributed by atoms with van der Waals surface area (Å²) in [6.45, 7) is 0. The molecule has 7 aromatic carbocycles. The Morgan fingerprint density at radius 1 is 0.259 bits per heavy atom. The summed E-state index contributed by atoms with van der Waals surface area (Å²) in [5, 5.41) is 2.50. The second-order valence-electron chi connectivity index (χ2n) is 14.2. The number of nitrogens with zero attached hydrogens (tertiary/aromatic N) is 5. The van der Waals surface area contributed by atoms with E-state index in [1.54, 1.807) is 24.8 Å². The van der Waals surface area contributed by atoms with Crippen molar-refractivity contribution < 1.29 is 0 Å². The molecular formula is C53H35N5. The summed E-state index contributed by atoms with van der Waals surface area (Å²) in [6, 6.07) is 66.3. The number of hydrogen-bond donors (Lipinski definition) is 0. The molecule has 0 saturated carbocycles. The molecule has 0 radical (unpaired) electrons. The van der Waals surface area contributed by atoms with Gasteiger partial charge in [-0.05, 0) is 115 Å². The van der Waals surface area contributed by atoms with Crippen molar-refractivity contribution >= 4 is 10.8 Å². The van der Waals surface area contributed by atoms with Crippen LogP contribution < -0.4 is 0 Å². The summed E-state index contributed by atoms with van der Waals surface area (Å²) in [4.78, 5) is 23.4. The van der Waals surface area contributed by atoms with E-state index in [0.29, 0.717) is 17.5 Å². The molecule has 5 heteroatoms. The quantitative estimate of drug-likeness (QED) is 0.155. The Kier molecular flexibility index (Phi) is 9.14. The van der Waals surface area contributed by atoms with E-state index >= 15 is 0 Å². The third kappa shape index (κ3) is 6.93. The molecule has 272 valence electrons. The van der Waals surface area contributed by atoms with Crippen LogP contribution in [0.1, 0.15) is 0 Å². The molecule has 10 aromatic rings. The van der Waals surface area contributed by atoms with Gasteiger partial charge in [-0.25, -0.2) is 15.0 Å². The fourth-order valence-corrected chi connectivity index (χ4v) is 7.63. The Balaban J connectivity index is 1.04. The molecule has 0 spiro atoms. The second-order valence-corrected chi connectivity index (χ2v) is 14.2. The van der Waals surface area contributed by atoms with Crippen molar-refractivity contribution in [3.8, 4) is 89.8 Å². The average Bonchev–Trinajstić information content (AvgIpc) is 3.32. The van der Waals surface area contributed by atoms with Gasteiger partial charge in [0.1, 0.15) is 0 Å². The highest BCUT2D eigenvalue weighted by Gasteiger charge is 2.16. The van der Waals surface area contributed by atoms with Crippen LogP contribution >= 0.6 is 0 Å². The molecule has 0 atom stereocenters. The van der Waals surface area contributed by atoms with Crippen LogP contribution in [-0.4, -0.2) is 24.9 Å². The first kappa shape index (κ1) is 34.6. The molecule has 58 heavy (non-hydrogen) atoms. The van der Waals surface area contributed by atoms with Gasteiger partial charge in [0, 0.05) is 41.5 Å². The molecule has 0 unspecified atom stereocenters. The van der Waals surface area contributed by atoms with E-state index in [0.717, 1.165) is 50.1 Å². The number of benzene rings is 7. The van der Waals surface area contributed by atoms with Crippen LogP contribution in [0.15, 0.2) is 213 Å². The van der Waals surface area contributed by atoms with Crippen LogP contribution in [0.5, 0.6) is 0 Å². The minimum Gasteiger partial charge on any atom is -0.264 e. The summed E-state index contributed by atoms with van der Waals surface area (Å²) in [7, 11) is 0. The minimum atomic E-state index is 0.553. The first-order valence-electron chi connectivity index (χ1n) is 19.3. The highest BCUT2D eigenvalue weighted by molar-refractivity contribution is 5.97. The fraction of sp³-hybridized carbons (Fsp3) is 0. The molecule has 3 heterocycles. The normalized spacial score (nSPS) is 11.1. The lowest BCUT2D eigenvalue weighted by Crippen LogP contribution is -2.01. The Bertz CT molecular complexity index is 2990. The van der Waals surface area contributed by atoms with E-state index in [1.165, 1.54) is 33.0 Å². The predicted molar refractivity (Wildman–Crippen MR) is 236 cm³/mol. The fourth-order valence-electron chi connectivity index (χ4n) is 7.63. The van der Waals surface area contributed by atoms with Crippen molar-refractivity contribution in [2.75, 3.05) is 0 Å². The molecule has 5 nitrogen and oxygen atoms in total. The zero-order valence-corrected chi connectivity index (χ0v) is 31.4. The van der Waals surface area contributed by atoms with E-state index < -0.39 is 0 Å². The van der Waals surface area contributed by atoms with Crippen LogP contribution in [0, 0.1) is 0 Å². The zero-order valence-electron chi connectivity index (χ0n) is 31.4. The lowest BCUT2D eigenvalue weighted by molar-refractivity contribution is 1.07. The third-order valence-corrected chi connectivity index (χ3v) is 10.5. The average molecular weight is 742 g/mol. The molecule has 0 fully saturated rings. The summed E-state index contributed by atoms with van der Waals surface area (Å²) in [5.74, 6) is 1.68. The van der Waals surface area contributed by atoms with Crippen molar-refractivity contribution in [1.29, 1.82) is 0 Å². The van der Waals surface area contributed by atoms with Gasteiger partial charge < -0.3 is 0 Å². The van der Waals surface area contributed by atoms with Gasteiger partial charge >= 0.3 is 0 Å². The van der Waals surface area contributed by atoms with Gasteiger partial charge in [-0.1, -0.05) is 140 Å². The Labute approximate surface area is 337 Å². The van der Waals surface area contributed by atoms with Crippen molar-refractivity contribution in [2.24, 2.45) is 0 Å². The molecule has 10 rings (SSSR count). The maximum atomic E-state index is 4.98. The summed E-state index contributed by atoms with van der Waals surface area (Å²) < 4.78 is 0. The summed E-state index contributed by atoms with van der Waals surface area (Å²) in [5.41, 5.74) is 14.0. The van der Waals surface area contributed by atoms with Crippen LogP contribution in [0.2, 0.25) is 0 Å². The van der Waals surface area contributed by atoms with E-state index in [-0.39, 0.29) is 0 Å². The lowest BCUT2D eigenvalue weighted by atomic mass is 9.90. The Morgan fingerprint density at radius 3 is 1.33 bits per heavy atom. The zero-order chi connectivity index (χ0) is 38.7. The highest BCUT2D eigenvalue weighted by atomic mass is 15.0. The molecule has 0 amide bonds. The maximum absolute atomic E-state index is 4.98. The molecule has 0 bridgehead atoms. The molecular weight excluding hydrogens is 707 g/mol. The Morgan fingerprint density at radius 2 is 0.724 bits per heavy atom. The second kappa shape index (κ2) is 15.3. The first-order chi connectivity index (χ1) is 28.7. The van der Waals surface area contributed by atoms with Gasteiger partial charge in [0.05, 0.1) is 0 Å². The van der Waals surface area contributed by atoms with Crippen molar-refractivity contribution in [3.63, 3.8) is 0 Å². The van der Waals surface area contributed by atoms with E-state index in [1.807, 2.05) is 30.3 Å². The number of aromatic nitrogens is 5. The van der Waals surface area contributed by atoms with Gasteiger partial charge in [0.25, 0.3) is 0 Å². The monoisotopic (exact) mass is 741 g/mol. The molecule has 0 aliphatic heterocycles. The van der Waals surface area contributed by atoms with E-state index in [4.69, 9.17) is 15.0 Å². The number of fused-ring (bicyclic) bond motifs is 1. The predicted octanol–water partition coefficient (Wildman–Crippen LogP) is 13.2. The van der Waals surface area contributed by atoms with Gasteiger partial charge in [-0.3, -0.25) is 9.97 Å². The van der Waals surface area contributed by atoms with Gasteiger partial charge in [-0.2, -0.15) is 0 Å². The largest absolute Gasteiger partial charge is 0.264 e. The third-order valence-electron chi connectivity index (χ3n) is 10.5. The van der Waals surface area contributed by atoms with Crippen LogP contribution in [-0.2, 0) is 0 Å². The molecule has 0 saturated heterocycles. The summed E-state index contributed by atoms with van der Waals surface area (Å²) >= 11 is 0. The van der Waals surface area contributed by atoms with Crippen LogP contribution in [0.4, 0.5) is 0 Å². The first-order valence-corrected chi connectivity index (χ1v) is 19.3. The number of pyridine rings is 2. The molecule has 3 aromatic heterocycles. The molecule has 0 N–H and O–H groups in total. The summed E-state index contributed by atoms with van der Waals surface area (Å²) in [6.07, 6.45) is 7.04. The number of hydrogen-bond acceptors (Lipinski definition) is 5. The van der Waals surface area contributed by atoms with E-state index in [2.05, 4.69) is 168 Å². The van der Waals surface area contributed by atoms with Gasteiger partial charge in [0.2, 0.25) is 0 Å². The van der Waals surface area contributed by atoms with Crippen molar-refractivity contribution in [1.82, 2.24) is 24.9 Å².